The van der Waals surface area contributed by atoms with Gasteiger partial charge in [-0.1, -0.05) is 11.6 Å². The molecule has 1 fully saturated rings. The Morgan fingerprint density at radius 3 is 2.68 bits per heavy atom. The molecule has 5 nitrogen and oxygen atoms in total. The van der Waals surface area contributed by atoms with Crippen LogP contribution in [0.25, 0.3) is 11.3 Å². The fourth-order valence-electron chi connectivity index (χ4n) is 2.58. The van der Waals surface area contributed by atoms with E-state index in [1.165, 1.54) is 16.7 Å². The van der Waals surface area contributed by atoms with Crippen molar-refractivity contribution in [3.8, 4) is 11.3 Å². The lowest BCUT2D eigenvalue weighted by Crippen LogP contribution is -2.34. The van der Waals surface area contributed by atoms with Crippen molar-refractivity contribution in [1.82, 2.24) is 4.90 Å². The van der Waals surface area contributed by atoms with Crippen molar-refractivity contribution in [2.75, 3.05) is 6.54 Å². The number of carboxylic acids is 1. The lowest BCUT2D eigenvalue weighted by atomic mass is 10.2. The van der Waals surface area contributed by atoms with Crippen LogP contribution >= 0.6 is 36.0 Å². The summed E-state index contributed by atoms with van der Waals surface area (Å²) in [5.74, 6) is 0.389. The molecule has 1 saturated heterocycles. The predicted octanol–water partition coefficient (Wildman–Crippen LogP) is 3.77. The normalized spacial score (nSPS) is 20.2. The first kappa shape index (κ1) is 18.2. The summed E-state index contributed by atoms with van der Waals surface area (Å²) < 4.78 is 5.51. The molecule has 3 rings (SSSR count). The molecule has 1 aliphatic rings. The Labute approximate surface area is 159 Å². The number of thioether (sulfide) groups is 1. The average Bonchev–Trinajstić information content (AvgIpc) is 3.12. The van der Waals surface area contributed by atoms with Gasteiger partial charge in [0.15, 0.2) is 0 Å². The number of aliphatic carboxylic acids is 1. The highest BCUT2D eigenvalue weighted by atomic mass is 35.5. The van der Waals surface area contributed by atoms with Crippen molar-refractivity contribution in [3.05, 3.63) is 47.2 Å². The van der Waals surface area contributed by atoms with E-state index in [-0.39, 0.29) is 28.8 Å². The second-order valence-electron chi connectivity index (χ2n) is 5.60. The smallest absolute Gasteiger partial charge is 0.305 e. The Morgan fingerprint density at radius 2 is 2.00 bits per heavy atom. The fraction of sp³-hybridized carbons (Fsp3) is 0.294. The number of hydrogen-bond acceptors (Lipinski definition) is 5. The molecule has 132 valence electrons. The molecular formula is C17H16ClNO4S2. The van der Waals surface area contributed by atoms with Gasteiger partial charge in [0.25, 0.3) is 0 Å². The Morgan fingerprint density at radius 1 is 1.28 bits per heavy atom. The van der Waals surface area contributed by atoms with Crippen molar-refractivity contribution in [3.63, 3.8) is 0 Å². The third-order valence-electron chi connectivity index (χ3n) is 3.85. The molecule has 1 aromatic heterocycles. The summed E-state index contributed by atoms with van der Waals surface area (Å²) in [6, 6.07) is 11.0. The molecule has 2 atom stereocenters. The SMILES string of the molecule is O=C(O)CCN1C(=O)C(Cc2ccc(-c3ccc(Cl)cc3)o2)SC1S. The highest BCUT2D eigenvalue weighted by molar-refractivity contribution is 8.11. The van der Waals surface area contributed by atoms with Crippen molar-refractivity contribution in [2.24, 2.45) is 0 Å². The maximum Gasteiger partial charge on any atom is 0.305 e. The van der Waals surface area contributed by atoms with E-state index < -0.39 is 5.97 Å². The molecule has 0 saturated carbocycles. The zero-order valence-electron chi connectivity index (χ0n) is 13.1. The number of hydrogen-bond donors (Lipinski definition) is 2. The van der Waals surface area contributed by atoms with E-state index in [9.17, 15) is 9.59 Å². The Balaban J connectivity index is 1.66. The van der Waals surface area contributed by atoms with Crippen LogP contribution in [0, 0.1) is 0 Å². The van der Waals surface area contributed by atoms with E-state index in [4.69, 9.17) is 21.1 Å². The highest BCUT2D eigenvalue weighted by Crippen LogP contribution is 2.36. The van der Waals surface area contributed by atoms with Crippen LogP contribution in [0.1, 0.15) is 12.2 Å². The number of benzene rings is 1. The summed E-state index contributed by atoms with van der Waals surface area (Å²) in [6.07, 6.45) is 0.356. The summed E-state index contributed by atoms with van der Waals surface area (Å²) in [5.41, 5.74) is 0.913. The molecule has 2 heterocycles. The average molecular weight is 398 g/mol. The molecule has 1 amide bonds. The summed E-state index contributed by atoms with van der Waals surface area (Å²) in [5, 5.41) is 9.12. The number of halogens is 1. The first-order valence-corrected chi connectivity index (χ1v) is 9.48. The standard InChI is InChI=1S/C17H16ClNO4S2/c18-11-3-1-10(2-4-11)13-6-5-12(23-13)9-14-16(22)19(17(24)25-14)8-7-15(20)21/h1-6,14,17,24H,7-9H2,(H,20,21). The summed E-state index contributed by atoms with van der Waals surface area (Å²) in [4.78, 5) is 24.7. The van der Waals surface area contributed by atoms with E-state index in [0.717, 1.165) is 5.56 Å². The van der Waals surface area contributed by atoms with Gasteiger partial charge in [-0.05, 0) is 36.4 Å². The van der Waals surface area contributed by atoms with Crippen molar-refractivity contribution >= 4 is 47.9 Å². The van der Waals surface area contributed by atoms with Crippen LogP contribution in [0.5, 0.6) is 0 Å². The van der Waals surface area contributed by atoms with Gasteiger partial charge in [0.05, 0.1) is 11.7 Å². The van der Waals surface area contributed by atoms with Crippen LogP contribution in [0.2, 0.25) is 5.02 Å². The molecule has 1 aromatic carbocycles. The fourth-order valence-corrected chi connectivity index (χ4v) is 4.54. The number of thiol groups is 1. The molecule has 8 heteroatoms. The van der Waals surface area contributed by atoms with Crippen LogP contribution in [0.4, 0.5) is 0 Å². The largest absolute Gasteiger partial charge is 0.481 e. The van der Waals surface area contributed by atoms with Crippen molar-refractivity contribution < 1.29 is 19.1 Å². The lowest BCUT2D eigenvalue weighted by Gasteiger charge is -2.18. The first-order chi connectivity index (χ1) is 11.9. The molecule has 0 bridgehead atoms. The second-order valence-corrected chi connectivity index (χ2v) is 8.17. The number of carboxylic acid groups (broad SMARTS) is 1. The molecular weight excluding hydrogens is 382 g/mol. The van der Waals surface area contributed by atoms with E-state index in [1.54, 1.807) is 12.1 Å². The first-order valence-electron chi connectivity index (χ1n) is 7.64. The maximum atomic E-state index is 12.5. The summed E-state index contributed by atoms with van der Waals surface area (Å²) in [7, 11) is 0. The highest BCUT2D eigenvalue weighted by Gasteiger charge is 2.38. The van der Waals surface area contributed by atoms with Gasteiger partial charge < -0.3 is 14.4 Å². The van der Waals surface area contributed by atoms with E-state index in [0.29, 0.717) is 23.0 Å². The van der Waals surface area contributed by atoms with Gasteiger partial charge >= 0.3 is 5.97 Å². The van der Waals surface area contributed by atoms with Gasteiger partial charge in [-0.2, -0.15) is 0 Å². The number of rotatable bonds is 6. The van der Waals surface area contributed by atoms with E-state index in [2.05, 4.69) is 12.6 Å². The lowest BCUT2D eigenvalue weighted by molar-refractivity contribution is -0.138. The van der Waals surface area contributed by atoms with Gasteiger partial charge in [0, 0.05) is 23.6 Å². The van der Waals surface area contributed by atoms with Crippen LogP contribution in [-0.2, 0) is 16.0 Å². The van der Waals surface area contributed by atoms with Crippen LogP contribution in [-0.4, -0.2) is 38.4 Å². The molecule has 0 spiro atoms. The Hall–Kier alpha value is -1.57. The topological polar surface area (TPSA) is 70.8 Å². The van der Waals surface area contributed by atoms with Gasteiger partial charge in [-0.15, -0.1) is 24.4 Å². The molecule has 2 aromatic rings. The monoisotopic (exact) mass is 397 g/mol. The predicted molar refractivity (Wildman–Crippen MR) is 101 cm³/mol. The zero-order chi connectivity index (χ0) is 18.0. The quantitative estimate of drug-likeness (QED) is 0.726. The van der Waals surface area contributed by atoms with E-state index in [1.807, 2.05) is 24.3 Å². The summed E-state index contributed by atoms with van der Waals surface area (Å²) >= 11 is 11.7. The third-order valence-corrected chi connectivity index (χ3v) is 5.95. The summed E-state index contributed by atoms with van der Waals surface area (Å²) in [6.45, 7) is 0.167. The number of furan rings is 1. The maximum absolute atomic E-state index is 12.5. The van der Waals surface area contributed by atoms with Crippen LogP contribution in [0.3, 0.4) is 0 Å². The molecule has 0 aliphatic carbocycles. The van der Waals surface area contributed by atoms with Gasteiger partial charge in [-0.25, -0.2) is 0 Å². The molecule has 1 aliphatic heterocycles. The van der Waals surface area contributed by atoms with Crippen molar-refractivity contribution in [2.45, 2.75) is 22.8 Å². The Kier molecular flexibility index (Phi) is 5.66. The minimum atomic E-state index is -0.930. The molecule has 25 heavy (non-hydrogen) atoms. The number of carbonyl (C=O) groups excluding carboxylic acids is 1. The van der Waals surface area contributed by atoms with E-state index >= 15 is 0 Å². The Bertz CT molecular complexity index is 777. The van der Waals surface area contributed by atoms with Gasteiger partial charge in [0.2, 0.25) is 5.91 Å². The van der Waals surface area contributed by atoms with Gasteiger partial charge in [-0.3, -0.25) is 9.59 Å². The van der Waals surface area contributed by atoms with Gasteiger partial charge in [0.1, 0.15) is 16.2 Å². The molecule has 0 radical (unpaired) electrons. The van der Waals surface area contributed by atoms with Crippen molar-refractivity contribution in [1.29, 1.82) is 0 Å². The number of amides is 1. The number of nitrogens with zero attached hydrogens (tertiary/aromatic N) is 1. The molecule has 2 unspecified atom stereocenters. The zero-order valence-corrected chi connectivity index (χ0v) is 15.6. The minimum Gasteiger partial charge on any atom is -0.481 e. The second kappa shape index (κ2) is 7.76. The van der Waals surface area contributed by atoms with Crippen LogP contribution < -0.4 is 0 Å². The minimum absolute atomic E-state index is 0.0858. The van der Waals surface area contributed by atoms with Crippen LogP contribution in [0.15, 0.2) is 40.8 Å². The molecule has 1 N–H and O–H groups in total. The third kappa shape index (κ3) is 4.34. The number of carbonyl (C=O) groups is 2.